The van der Waals surface area contributed by atoms with E-state index in [2.05, 4.69) is 36.1 Å². The molecule has 2 atom stereocenters. The van der Waals surface area contributed by atoms with E-state index in [1.165, 1.54) is 0 Å². The Morgan fingerprint density at radius 1 is 1.41 bits per heavy atom. The lowest BCUT2D eigenvalue weighted by Crippen LogP contribution is -2.40. The Labute approximate surface area is 135 Å². The molecule has 1 fully saturated rings. The highest BCUT2D eigenvalue weighted by Crippen LogP contribution is 2.62. The summed E-state index contributed by atoms with van der Waals surface area (Å²) < 4.78 is 0. The Balaban J connectivity index is 1.51. The third-order valence-electron chi connectivity index (χ3n) is 5.15. The number of hydrogen-bond acceptors (Lipinski definition) is 4. The third-order valence-corrected chi connectivity index (χ3v) is 6.21. The second-order valence-corrected chi connectivity index (χ2v) is 7.29. The number of allylic oxidation sites excluding steroid dienone is 2. The van der Waals surface area contributed by atoms with E-state index in [-0.39, 0.29) is 16.9 Å². The molecule has 0 bridgehead atoms. The average molecular weight is 312 g/mol. The highest BCUT2D eigenvalue weighted by atomic mass is 32.1. The van der Waals surface area contributed by atoms with Crippen LogP contribution in [0.25, 0.3) is 0 Å². The zero-order valence-corrected chi connectivity index (χ0v) is 13.8. The van der Waals surface area contributed by atoms with E-state index in [1.54, 1.807) is 11.3 Å². The van der Waals surface area contributed by atoms with E-state index >= 15 is 0 Å². The van der Waals surface area contributed by atoms with Crippen molar-refractivity contribution in [2.45, 2.75) is 44.2 Å². The fourth-order valence-electron chi connectivity index (χ4n) is 3.97. The van der Waals surface area contributed by atoms with Gasteiger partial charge in [0, 0.05) is 25.8 Å². The molecule has 2 unspecified atom stereocenters. The summed E-state index contributed by atoms with van der Waals surface area (Å²) in [6.45, 7) is 5.13. The van der Waals surface area contributed by atoms with Gasteiger partial charge in [0.2, 0.25) is 0 Å². The number of rotatable bonds is 5. The molecular weight excluding hydrogens is 292 g/mol. The van der Waals surface area contributed by atoms with Crippen molar-refractivity contribution in [2.75, 3.05) is 6.54 Å². The van der Waals surface area contributed by atoms with Crippen LogP contribution in [0.3, 0.4) is 0 Å². The van der Waals surface area contributed by atoms with Crippen molar-refractivity contribution in [3.63, 3.8) is 0 Å². The van der Waals surface area contributed by atoms with Gasteiger partial charge < -0.3 is 4.90 Å². The number of likely N-dealkylation sites (N-methyl/N-ethyl adjacent to an activating group) is 1. The van der Waals surface area contributed by atoms with E-state index in [9.17, 15) is 4.79 Å². The summed E-state index contributed by atoms with van der Waals surface area (Å²) in [5.74, 6) is 1.35. The molecule has 2 aliphatic carbocycles. The van der Waals surface area contributed by atoms with Crippen molar-refractivity contribution in [1.82, 2.24) is 4.90 Å². The summed E-state index contributed by atoms with van der Waals surface area (Å²) in [6, 6.07) is 2.01. The first-order valence-electron chi connectivity index (χ1n) is 7.93. The zero-order valence-electron chi connectivity index (χ0n) is 13.0. The standard InChI is InChI=1S/C18H20N2OS/c1-3-20-15(7-6-14(21)16-13(2)8-11-22-16)19-17-9-4-5-10-18(17,20)12-17/h4-5,8-11H,3,6-7,12H2,1-2H3. The molecule has 1 aliphatic heterocycles. The number of amidine groups is 1. The fourth-order valence-corrected chi connectivity index (χ4v) is 4.86. The van der Waals surface area contributed by atoms with Gasteiger partial charge in [0.15, 0.2) is 5.78 Å². The van der Waals surface area contributed by atoms with Crippen LogP contribution in [0.5, 0.6) is 0 Å². The Kier molecular flexibility index (Phi) is 2.95. The van der Waals surface area contributed by atoms with Gasteiger partial charge in [0.05, 0.1) is 10.4 Å². The summed E-state index contributed by atoms with van der Waals surface area (Å²) in [6.07, 6.45) is 11.1. The topological polar surface area (TPSA) is 32.7 Å². The predicted octanol–water partition coefficient (Wildman–Crippen LogP) is 3.76. The van der Waals surface area contributed by atoms with E-state index in [0.717, 1.165) is 35.7 Å². The normalized spacial score (nSPS) is 31.0. The molecule has 2 heterocycles. The van der Waals surface area contributed by atoms with Gasteiger partial charge >= 0.3 is 0 Å². The van der Waals surface area contributed by atoms with Crippen molar-refractivity contribution in [3.05, 3.63) is 46.2 Å². The molecular formula is C18H20N2OS. The summed E-state index contributed by atoms with van der Waals surface area (Å²) in [4.78, 5) is 20.7. The molecule has 4 heteroatoms. The first-order valence-corrected chi connectivity index (χ1v) is 8.80. The van der Waals surface area contributed by atoms with Crippen molar-refractivity contribution < 1.29 is 4.79 Å². The number of Topliss-reactive ketones (excluding diaryl/α,β-unsaturated/α-hetero) is 1. The van der Waals surface area contributed by atoms with Gasteiger partial charge in [-0.05, 0) is 30.9 Å². The van der Waals surface area contributed by atoms with Crippen LogP contribution in [0.1, 0.15) is 41.4 Å². The number of thiophene rings is 1. The van der Waals surface area contributed by atoms with Gasteiger partial charge in [-0.3, -0.25) is 9.79 Å². The van der Waals surface area contributed by atoms with Crippen LogP contribution in [0.15, 0.2) is 40.7 Å². The van der Waals surface area contributed by atoms with Crippen LogP contribution in [-0.2, 0) is 0 Å². The van der Waals surface area contributed by atoms with Crippen LogP contribution in [0.4, 0.5) is 0 Å². The average Bonchev–Trinajstić information content (AvgIpc) is 2.82. The highest BCUT2D eigenvalue weighted by Gasteiger charge is 2.72. The smallest absolute Gasteiger partial charge is 0.173 e. The van der Waals surface area contributed by atoms with Crippen LogP contribution < -0.4 is 0 Å². The van der Waals surface area contributed by atoms with Gasteiger partial charge in [-0.1, -0.05) is 24.3 Å². The molecule has 0 amide bonds. The Hall–Kier alpha value is -1.68. The number of nitrogens with zero attached hydrogens (tertiary/aromatic N) is 2. The zero-order chi connectivity index (χ0) is 15.4. The quantitative estimate of drug-likeness (QED) is 0.776. The lowest BCUT2D eigenvalue weighted by atomic mass is 10.0. The van der Waals surface area contributed by atoms with Crippen molar-refractivity contribution >= 4 is 23.0 Å². The summed E-state index contributed by atoms with van der Waals surface area (Å²) in [7, 11) is 0. The molecule has 0 N–H and O–H groups in total. The predicted molar refractivity (Wildman–Crippen MR) is 90.8 cm³/mol. The second kappa shape index (κ2) is 4.66. The Bertz CT molecular complexity index is 729. The minimum absolute atomic E-state index is 0.0327. The SMILES string of the molecule is CCN1C(CCC(=O)c2sccc2C)=NC23C=CC=CC12C3. The highest BCUT2D eigenvalue weighted by molar-refractivity contribution is 7.12. The summed E-state index contributed by atoms with van der Waals surface area (Å²) in [5.41, 5.74) is 1.14. The van der Waals surface area contributed by atoms with Crippen molar-refractivity contribution in [2.24, 2.45) is 4.99 Å². The number of carbonyl (C=O) groups excluding carboxylic acids is 1. The molecule has 1 aromatic rings. The molecule has 0 aromatic carbocycles. The van der Waals surface area contributed by atoms with Crippen LogP contribution in [0, 0.1) is 6.92 Å². The Morgan fingerprint density at radius 3 is 2.95 bits per heavy atom. The maximum Gasteiger partial charge on any atom is 0.173 e. The fraction of sp³-hybridized carbons (Fsp3) is 0.444. The van der Waals surface area contributed by atoms with Crippen molar-refractivity contribution in [3.8, 4) is 0 Å². The van der Waals surface area contributed by atoms with Gasteiger partial charge in [0.25, 0.3) is 0 Å². The number of carbonyl (C=O) groups is 1. The van der Waals surface area contributed by atoms with Crippen molar-refractivity contribution in [1.29, 1.82) is 0 Å². The molecule has 0 radical (unpaired) electrons. The molecule has 1 saturated carbocycles. The summed E-state index contributed by atoms with van der Waals surface area (Å²) in [5, 5.41) is 1.99. The molecule has 1 aromatic heterocycles. The summed E-state index contributed by atoms with van der Waals surface area (Å²) >= 11 is 1.55. The maximum absolute atomic E-state index is 12.4. The molecule has 3 nitrogen and oxygen atoms in total. The number of ketones is 1. The largest absolute Gasteiger partial charge is 0.349 e. The number of aryl methyl sites for hydroxylation is 1. The Morgan fingerprint density at radius 2 is 2.23 bits per heavy atom. The molecule has 22 heavy (non-hydrogen) atoms. The van der Waals surface area contributed by atoms with Gasteiger partial charge in [-0.15, -0.1) is 11.3 Å². The van der Waals surface area contributed by atoms with Gasteiger partial charge in [-0.25, -0.2) is 0 Å². The lowest BCUT2D eigenvalue weighted by molar-refractivity contribution is 0.0987. The van der Waals surface area contributed by atoms with Gasteiger partial charge in [-0.2, -0.15) is 0 Å². The first-order chi connectivity index (χ1) is 10.6. The van der Waals surface area contributed by atoms with Crippen LogP contribution in [-0.4, -0.2) is 34.1 Å². The molecule has 114 valence electrons. The molecule has 0 saturated heterocycles. The van der Waals surface area contributed by atoms with E-state index in [4.69, 9.17) is 4.99 Å². The number of aliphatic imine (C=N–C) groups is 1. The maximum atomic E-state index is 12.4. The monoisotopic (exact) mass is 312 g/mol. The molecule has 4 rings (SSSR count). The second-order valence-electron chi connectivity index (χ2n) is 6.37. The third kappa shape index (κ3) is 1.73. The minimum Gasteiger partial charge on any atom is -0.349 e. The van der Waals surface area contributed by atoms with E-state index < -0.39 is 0 Å². The van der Waals surface area contributed by atoms with Gasteiger partial charge in [0.1, 0.15) is 11.4 Å². The number of hydrogen-bond donors (Lipinski definition) is 0. The molecule has 0 spiro atoms. The van der Waals surface area contributed by atoms with Crippen LogP contribution >= 0.6 is 11.3 Å². The molecule has 3 aliphatic rings. The van der Waals surface area contributed by atoms with E-state index in [1.807, 2.05) is 18.4 Å². The lowest BCUT2D eigenvalue weighted by Gasteiger charge is -2.29. The van der Waals surface area contributed by atoms with E-state index in [0.29, 0.717) is 6.42 Å². The minimum atomic E-state index is -0.0327. The first kappa shape index (κ1) is 13.9. The van der Waals surface area contributed by atoms with Crippen LogP contribution in [0.2, 0.25) is 0 Å².